The number of nitrogens with zero attached hydrogens (tertiary/aromatic N) is 5. The highest BCUT2D eigenvalue weighted by molar-refractivity contribution is 6.05. The van der Waals surface area contributed by atoms with Gasteiger partial charge in [0.15, 0.2) is 0 Å². The second kappa shape index (κ2) is 10.6. The number of nitrogens with one attached hydrogen (secondary N) is 2. The third-order valence-electron chi connectivity index (χ3n) is 7.44. The molecule has 206 valence electrons. The molecule has 2 aromatic carbocycles. The first kappa shape index (κ1) is 25.8. The van der Waals surface area contributed by atoms with Crippen LogP contribution < -0.4 is 20.3 Å². The minimum Gasteiger partial charge on any atom is -0.494 e. The molecule has 6 rings (SSSR count). The minimum atomic E-state index is -0.831. The van der Waals surface area contributed by atoms with Crippen molar-refractivity contribution < 1.29 is 18.3 Å². The summed E-state index contributed by atoms with van der Waals surface area (Å²) in [5, 5.41) is 5.64. The van der Waals surface area contributed by atoms with Crippen molar-refractivity contribution in [1.82, 2.24) is 19.4 Å². The molecule has 0 atom stereocenters. The van der Waals surface area contributed by atoms with Crippen molar-refractivity contribution in [2.45, 2.75) is 12.8 Å². The molecule has 0 aliphatic carbocycles. The smallest absolute Gasteiger partial charge is 0.257 e. The largest absolute Gasteiger partial charge is 0.494 e. The normalized spacial score (nSPS) is 14.8. The van der Waals surface area contributed by atoms with Crippen LogP contribution in [-0.2, 0) is 12.8 Å². The van der Waals surface area contributed by atoms with E-state index >= 15 is 0 Å². The predicted octanol–water partition coefficient (Wildman–Crippen LogP) is 4.40. The minimum absolute atomic E-state index is 0.336. The molecule has 9 nitrogen and oxygen atoms in total. The van der Waals surface area contributed by atoms with Crippen molar-refractivity contribution in [3.05, 3.63) is 83.3 Å². The quantitative estimate of drug-likeness (QED) is 0.371. The summed E-state index contributed by atoms with van der Waals surface area (Å²) >= 11 is 0. The van der Waals surface area contributed by atoms with E-state index in [-0.39, 0.29) is 0 Å². The van der Waals surface area contributed by atoms with Crippen molar-refractivity contribution in [1.29, 1.82) is 0 Å². The molecule has 2 aliphatic heterocycles. The summed E-state index contributed by atoms with van der Waals surface area (Å²) in [4.78, 5) is 26.9. The first-order chi connectivity index (χ1) is 19.4. The molecule has 2 N–H and O–H groups in total. The van der Waals surface area contributed by atoms with E-state index in [4.69, 9.17) is 9.72 Å². The number of methoxy groups -OCH3 is 1. The maximum Gasteiger partial charge on any atom is 0.257 e. The van der Waals surface area contributed by atoms with Crippen LogP contribution in [0, 0.1) is 11.6 Å². The number of piperazine rings is 1. The summed E-state index contributed by atoms with van der Waals surface area (Å²) in [6.45, 7) is 3.93. The zero-order valence-electron chi connectivity index (χ0n) is 22.2. The molecule has 0 unspecified atom stereocenters. The number of hydrogen-bond donors (Lipinski definition) is 2. The summed E-state index contributed by atoms with van der Waals surface area (Å²) in [5.74, 6) is -0.546. The summed E-state index contributed by atoms with van der Waals surface area (Å²) in [6.07, 6.45) is 4.69. The van der Waals surface area contributed by atoms with E-state index in [2.05, 4.69) is 38.5 Å². The molecule has 0 radical (unpaired) electrons. The number of para-hydroxylation sites is 1. The van der Waals surface area contributed by atoms with Gasteiger partial charge in [-0.2, -0.15) is 4.98 Å². The average Bonchev–Trinajstić information content (AvgIpc) is 3.41. The molecule has 0 saturated carbocycles. The van der Waals surface area contributed by atoms with Crippen molar-refractivity contribution >= 4 is 28.9 Å². The fourth-order valence-corrected chi connectivity index (χ4v) is 5.18. The van der Waals surface area contributed by atoms with Gasteiger partial charge in [-0.15, -0.1) is 0 Å². The van der Waals surface area contributed by atoms with Gasteiger partial charge in [0.2, 0.25) is 5.95 Å². The Balaban J connectivity index is 1.24. The summed E-state index contributed by atoms with van der Waals surface area (Å²) in [6, 6.07) is 11.1. The Morgan fingerprint density at radius 2 is 1.80 bits per heavy atom. The molecular formula is C29H29F2N7O2. The zero-order valence-corrected chi connectivity index (χ0v) is 22.2. The predicted molar refractivity (Wildman–Crippen MR) is 149 cm³/mol. The number of carbonyl (C=O) groups is 1. The molecule has 4 aromatic rings. The number of halogens is 2. The Morgan fingerprint density at radius 1 is 1.02 bits per heavy atom. The van der Waals surface area contributed by atoms with Gasteiger partial charge in [-0.1, -0.05) is 6.07 Å². The van der Waals surface area contributed by atoms with E-state index in [0.717, 1.165) is 55.2 Å². The number of anilines is 4. The van der Waals surface area contributed by atoms with Crippen molar-refractivity contribution in [3.63, 3.8) is 0 Å². The fourth-order valence-electron chi connectivity index (χ4n) is 5.18. The third kappa shape index (κ3) is 4.84. The third-order valence-corrected chi connectivity index (χ3v) is 7.44. The topological polar surface area (TPSA) is 87.6 Å². The Hall–Kier alpha value is -4.51. The maximum atomic E-state index is 14.1. The second-order valence-electron chi connectivity index (χ2n) is 9.94. The average molecular weight is 546 g/mol. The maximum absolute atomic E-state index is 14.1. The molecule has 1 amide bonds. The van der Waals surface area contributed by atoms with Gasteiger partial charge in [0.1, 0.15) is 28.9 Å². The number of rotatable bonds is 6. The molecule has 40 heavy (non-hydrogen) atoms. The van der Waals surface area contributed by atoms with Crippen LogP contribution in [0.2, 0.25) is 0 Å². The SMILES string of the molecule is COc1cc(N2CCN(C)CC2)ccc1Nc1ncc2c(n1)-n1ccc(C(=O)Nc3c(F)cccc3F)c1CC2. The fraction of sp³-hybridized carbons (Fsp3) is 0.276. The molecule has 4 heterocycles. The van der Waals surface area contributed by atoms with Crippen molar-refractivity contribution in [2.75, 3.05) is 55.9 Å². The molecule has 0 spiro atoms. The number of aromatic nitrogens is 3. The van der Waals surface area contributed by atoms with Gasteiger partial charge in [0.05, 0.1) is 18.4 Å². The van der Waals surface area contributed by atoms with Gasteiger partial charge >= 0.3 is 0 Å². The molecule has 0 bridgehead atoms. The molecule has 11 heteroatoms. The number of aryl methyl sites for hydroxylation is 1. The number of benzene rings is 2. The lowest BCUT2D eigenvalue weighted by Gasteiger charge is -2.34. The number of likely N-dealkylation sites (N-methyl/N-ethyl adjacent to an activating group) is 1. The number of ether oxygens (including phenoxy) is 1. The number of hydrogen-bond acceptors (Lipinski definition) is 7. The van der Waals surface area contributed by atoms with Crippen LogP contribution in [0.15, 0.2) is 54.9 Å². The second-order valence-corrected chi connectivity index (χ2v) is 9.94. The molecule has 2 aromatic heterocycles. The van der Waals surface area contributed by atoms with E-state index in [9.17, 15) is 13.6 Å². The Bertz CT molecular complexity index is 1560. The highest BCUT2D eigenvalue weighted by Crippen LogP contribution is 2.33. The standard InChI is InChI=1S/C29H29F2N7O2/c1-36-12-14-37(15-13-36)19-7-8-23(25(16-19)40-2)33-29-32-17-18-6-9-24-20(10-11-38(24)27(18)35-29)28(39)34-26-21(30)4-3-5-22(26)31/h3-5,7-8,10-11,16-17H,6,9,12-15H2,1-2H3,(H,34,39)(H,32,33,35). The van der Waals surface area contributed by atoms with Gasteiger partial charge in [0.25, 0.3) is 5.91 Å². The molecular weight excluding hydrogens is 516 g/mol. The molecule has 1 fully saturated rings. The summed E-state index contributed by atoms with van der Waals surface area (Å²) in [7, 11) is 3.76. The summed E-state index contributed by atoms with van der Waals surface area (Å²) in [5.41, 5.74) is 3.34. The van der Waals surface area contributed by atoms with Crippen LogP contribution in [0.4, 0.5) is 31.8 Å². The first-order valence-electron chi connectivity index (χ1n) is 13.1. The molecule has 2 aliphatic rings. The van der Waals surface area contributed by atoms with E-state index in [0.29, 0.717) is 41.6 Å². The Morgan fingerprint density at radius 3 is 2.55 bits per heavy atom. The van der Waals surface area contributed by atoms with Crippen LogP contribution in [-0.4, -0.2) is 65.7 Å². The van der Waals surface area contributed by atoms with E-state index in [1.807, 2.05) is 16.7 Å². The van der Waals surface area contributed by atoms with Gasteiger partial charge < -0.3 is 29.7 Å². The van der Waals surface area contributed by atoms with Crippen molar-refractivity contribution in [2.24, 2.45) is 0 Å². The van der Waals surface area contributed by atoms with Gasteiger partial charge in [-0.25, -0.2) is 13.8 Å². The number of amides is 1. The lowest BCUT2D eigenvalue weighted by molar-refractivity contribution is 0.102. The Kier molecular flexibility index (Phi) is 6.81. The highest BCUT2D eigenvalue weighted by Gasteiger charge is 2.25. The summed E-state index contributed by atoms with van der Waals surface area (Å²) < 4.78 is 35.7. The van der Waals surface area contributed by atoms with Gasteiger partial charge in [-0.05, 0) is 50.2 Å². The number of fused-ring (bicyclic) bond motifs is 3. The van der Waals surface area contributed by atoms with Gasteiger partial charge in [-0.3, -0.25) is 4.79 Å². The monoisotopic (exact) mass is 545 g/mol. The van der Waals surface area contributed by atoms with Crippen LogP contribution in [0.25, 0.3) is 5.82 Å². The van der Waals surface area contributed by atoms with Crippen LogP contribution in [0.3, 0.4) is 0 Å². The van der Waals surface area contributed by atoms with Crippen LogP contribution >= 0.6 is 0 Å². The first-order valence-corrected chi connectivity index (χ1v) is 13.1. The van der Waals surface area contributed by atoms with Gasteiger partial charge in [0, 0.05) is 61.6 Å². The van der Waals surface area contributed by atoms with Crippen molar-refractivity contribution in [3.8, 4) is 11.6 Å². The Labute approximate surface area is 230 Å². The van der Waals surface area contributed by atoms with Crippen LogP contribution in [0.5, 0.6) is 5.75 Å². The lowest BCUT2D eigenvalue weighted by atomic mass is 10.0. The van der Waals surface area contributed by atoms with E-state index in [1.54, 1.807) is 25.6 Å². The highest BCUT2D eigenvalue weighted by atomic mass is 19.1. The van der Waals surface area contributed by atoms with E-state index < -0.39 is 23.2 Å². The zero-order chi connectivity index (χ0) is 27.8. The lowest BCUT2D eigenvalue weighted by Crippen LogP contribution is -2.44. The number of carbonyl (C=O) groups excluding carboxylic acids is 1. The molecule has 1 saturated heterocycles. The van der Waals surface area contributed by atoms with E-state index in [1.165, 1.54) is 6.07 Å². The van der Waals surface area contributed by atoms with Crippen LogP contribution in [0.1, 0.15) is 21.6 Å².